The number of carbonyl (C=O) groups is 2. The molecule has 6 heteroatoms. The molecule has 0 radical (unpaired) electrons. The van der Waals surface area contributed by atoms with Crippen molar-refractivity contribution >= 4 is 11.9 Å². The summed E-state index contributed by atoms with van der Waals surface area (Å²) in [4.78, 5) is 24.5. The predicted octanol–water partition coefficient (Wildman–Crippen LogP) is 4.58. The van der Waals surface area contributed by atoms with E-state index in [9.17, 15) is 19.8 Å². The quantitative estimate of drug-likeness (QED) is 0.435. The van der Waals surface area contributed by atoms with Crippen molar-refractivity contribution < 1.29 is 29.3 Å². The van der Waals surface area contributed by atoms with Gasteiger partial charge in [0.25, 0.3) is 0 Å². The minimum atomic E-state index is -0.918. The zero-order chi connectivity index (χ0) is 24.8. The van der Waals surface area contributed by atoms with Gasteiger partial charge in [0, 0.05) is 5.92 Å². The third-order valence-electron chi connectivity index (χ3n) is 7.38. The number of aliphatic hydroxyl groups excluding tert-OH is 2. The zero-order valence-electron chi connectivity index (χ0n) is 21.3. The second-order valence-electron chi connectivity index (χ2n) is 10.6. The van der Waals surface area contributed by atoms with Crippen LogP contribution in [0.15, 0.2) is 23.8 Å². The van der Waals surface area contributed by atoms with Crippen LogP contribution in [0.3, 0.4) is 0 Å². The Balaban J connectivity index is 2.07. The molecule has 0 bridgehead atoms. The number of ether oxygens (including phenoxy) is 2. The van der Waals surface area contributed by atoms with E-state index in [0.29, 0.717) is 12.3 Å². The smallest absolute Gasteiger partial charge is 0.311 e. The molecule has 0 unspecified atom stereocenters. The molecule has 0 aromatic heterocycles. The Bertz CT molecular complexity index is 724. The van der Waals surface area contributed by atoms with Crippen molar-refractivity contribution in [1.29, 1.82) is 0 Å². The fourth-order valence-electron chi connectivity index (χ4n) is 4.98. The van der Waals surface area contributed by atoms with Crippen LogP contribution in [0.25, 0.3) is 0 Å². The van der Waals surface area contributed by atoms with Crippen molar-refractivity contribution in [2.24, 2.45) is 29.1 Å². The van der Waals surface area contributed by atoms with Crippen molar-refractivity contribution in [2.75, 3.05) is 6.61 Å². The van der Waals surface area contributed by atoms with Crippen LogP contribution < -0.4 is 0 Å². The van der Waals surface area contributed by atoms with Gasteiger partial charge in [-0.25, -0.2) is 0 Å². The summed E-state index contributed by atoms with van der Waals surface area (Å²) in [6, 6.07) is 0. The van der Waals surface area contributed by atoms with E-state index in [1.54, 1.807) is 6.92 Å². The lowest BCUT2D eigenvalue weighted by molar-refractivity contribution is -0.164. The van der Waals surface area contributed by atoms with Gasteiger partial charge in [-0.05, 0) is 76.2 Å². The Kier molecular flexibility index (Phi) is 10.2. The lowest BCUT2D eigenvalue weighted by atomic mass is 9.65. The van der Waals surface area contributed by atoms with Gasteiger partial charge in [0.2, 0.25) is 0 Å². The SMILES string of the molecule is CCOC(=O)C[C@@H](O)C[C@H](O)CC[C@@H]1[C@@H]2C(=C[C@@H](C)C[C@H]2OC(=O)C(C)(C)CC)C=C[C@@H]1C. The molecule has 188 valence electrons. The fraction of sp³-hybridized carbons (Fsp3) is 0.778. The van der Waals surface area contributed by atoms with E-state index in [4.69, 9.17) is 9.47 Å². The van der Waals surface area contributed by atoms with Crippen molar-refractivity contribution in [2.45, 2.75) is 98.4 Å². The van der Waals surface area contributed by atoms with Crippen LogP contribution in [0.4, 0.5) is 0 Å². The van der Waals surface area contributed by atoms with Gasteiger partial charge in [-0.2, -0.15) is 0 Å². The van der Waals surface area contributed by atoms with Crippen molar-refractivity contribution in [3.05, 3.63) is 23.8 Å². The van der Waals surface area contributed by atoms with Gasteiger partial charge in [-0.15, -0.1) is 0 Å². The molecule has 2 aliphatic carbocycles. The molecule has 2 rings (SSSR count). The predicted molar refractivity (Wildman–Crippen MR) is 128 cm³/mol. The van der Waals surface area contributed by atoms with Crippen LogP contribution in [0.2, 0.25) is 0 Å². The molecule has 0 aliphatic heterocycles. The van der Waals surface area contributed by atoms with Gasteiger partial charge >= 0.3 is 11.9 Å². The molecule has 2 aliphatic rings. The fourth-order valence-corrected chi connectivity index (χ4v) is 4.98. The molecule has 2 N–H and O–H groups in total. The zero-order valence-corrected chi connectivity index (χ0v) is 21.3. The van der Waals surface area contributed by atoms with E-state index in [1.807, 2.05) is 20.8 Å². The maximum Gasteiger partial charge on any atom is 0.311 e. The Hall–Kier alpha value is -1.66. The summed E-state index contributed by atoms with van der Waals surface area (Å²) in [7, 11) is 0. The van der Waals surface area contributed by atoms with E-state index >= 15 is 0 Å². The standard InChI is InChI=1S/C27H44O6/c1-7-27(5,6)26(31)33-23-14-17(3)13-19-10-9-18(4)22(25(19)23)12-11-20(28)15-21(29)16-24(30)32-8-2/h9-10,13,17-18,20-23,25,28-29H,7-8,11-12,14-16H2,1-6H3/t17-,18+,20-,21+,22+,23-,25+/m1/s1. The number of esters is 2. The van der Waals surface area contributed by atoms with Crippen LogP contribution in [0.1, 0.15) is 80.1 Å². The van der Waals surface area contributed by atoms with E-state index in [1.165, 1.54) is 5.57 Å². The molecular formula is C27H44O6. The summed E-state index contributed by atoms with van der Waals surface area (Å²) in [5, 5.41) is 20.7. The first-order chi connectivity index (χ1) is 15.5. The Labute approximate surface area is 199 Å². The van der Waals surface area contributed by atoms with Crippen molar-refractivity contribution in [3.8, 4) is 0 Å². The average Bonchev–Trinajstić information content (AvgIpc) is 2.72. The van der Waals surface area contributed by atoms with Gasteiger partial charge < -0.3 is 19.7 Å². The number of aliphatic hydroxyl groups is 2. The minimum Gasteiger partial charge on any atom is -0.466 e. The van der Waals surface area contributed by atoms with Gasteiger partial charge in [-0.3, -0.25) is 9.59 Å². The highest BCUT2D eigenvalue weighted by Gasteiger charge is 2.42. The van der Waals surface area contributed by atoms with Gasteiger partial charge in [0.15, 0.2) is 0 Å². The van der Waals surface area contributed by atoms with E-state index < -0.39 is 23.6 Å². The highest BCUT2D eigenvalue weighted by Crippen LogP contribution is 2.45. The van der Waals surface area contributed by atoms with E-state index in [-0.39, 0.29) is 49.3 Å². The summed E-state index contributed by atoms with van der Waals surface area (Å²) in [5.74, 6) is 0.363. The molecule has 0 aromatic carbocycles. The summed E-state index contributed by atoms with van der Waals surface area (Å²) in [5.41, 5.74) is 0.710. The van der Waals surface area contributed by atoms with E-state index in [0.717, 1.165) is 19.3 Å². The molecule has 7 atom stereocenters. The normalized spacial score (nSPS) is 29.0. The third-order valence-corrected chi connectivity index (χ3v) is 7.38. The van der Waals surface area contributed by atoms with Crippen molar-refractivity contribution in [1.82, 2.24) is 0 Å². The summed E-state index contributed by atoms with van der Waals surface area (Å²) in [6.45, 7) is 12.2. The second kappa shape index (κ2) is 12.2. The number of hydrogen-bond acceptors (Lipinski definition) is 6. The van der Waals surface area contributed by atoms with Gasteiger partial charge in [0.1, 0.15) is 6.10 Å². The molecular weight excluding hydrogens is 420 g/mol. The summed E-state index contributed by atoms with van der Waals surface area (Å²) < 4.78 is 11.0. The molecule has 0 saturated heterocycles. The molecule has 0 heterocycles. The first kappa shape index (κ1) is 27.6. The maximum atomic E-state index is 12.9. The summed E-state index contributed by atoms with van der Waals surface area (Å²) in [6.07, 6.45) is 7.70. The van der Waals surface area contributed by atoms with Crippen LogP contribution >= 0.6 is 0 Å². The Morgan fingerprint density at radius 2 is 1.88 bits per heavy atom. The summed E-state index contributed by atoms with van der Waals surface area (Å²) >= 11 is 0. The monoisotopic (exact) mass is 464 g/mol. The third kappa shape index (κ3) is 7.68. The first-order valence-electron chi connectivity index (χ1n) is 12.6. The Morgan fingerprint density at radius 3 is 2.52 bits per heavy atom. The number of fused-ring (bicyclic) bond motifs is 1. The van der Waals surface area contributed by atoms with E-state index in [2.05, 4.69) is 32.1 Å². The van der Waals surface area contributed by atoms with Crippen LogP contribution in [-0.2, 0) is 19.1 Å². The highest BCUT2D eigenvalue weighted by molar-refractivity contribution is 5.76. The maximum absolute atomic E-state index is 12.9. The lowest BCUT2D eigenvalue weighted by Gasteiger charge is -2.44. The number of hydrogen-bond donors (Lipinski definition) is 2. The molecule has 6 nitrogen and oxygen atoms in total. The molecule has 0 amide bonds. The second-order valence-corrected chi connectivity index (χ2v) is 10.6. The van der Waals surface area contributed by atoms with Crippen LogP contribution in [0.5, 0.6) is 0 Å². The molecule has 0 fully saturated rings. The largest absolute Gasteiger partial charge is 0.466 e. The molecule has 33 heavy (non-hydrogen) atoms. The Morgan fingerprint density at radius 1 is 1.18 bits per heavy atom. The highest BCUT2D eigenvalue weighted by atomic mass is 16.5. The van der Waals surface area contributed by atoms with Crippen LogP contribution in [0, 0.1) is 29.1 Å². The van der Waals surface area contributed by atoms with Crippen molar-refractivity contribution in [3.63, 3.8) is 0 Å². The molecule has 0 aromatic rings. The lowest BCUT2D eigenvalue weighted by Crippen LogP contribution is -2.43. The number of rotatable bonds is 11. The average molecular weight is 465 g/mol. The number of carbonyl (C=O) groups excluding carboxylic acids is 2. The molecule has 0 saturated carbocycles. The topological polar surface area (TPSA) is 93.1 Å². The van der Waals surface area contributed by atoms with Gasteiger partial charge in [-0.1, -0.05) is 39.0 Å². The van der Waals surface area contributed by atoms with Gasteiger partial charge in [0.05, 0.1) is 30.7 Å². The first-order valence-corrected chi connectivity index (χ1v) is 12.6. The minimum absolute atomic E-state index is 0.105. The number of allylic oxidation sites excluding steroid dienone is 3. The molecule has 0 spiro atoms. The van der Waals surface area contributed by atoms with Crippen LogP contribution in [-0.4, -0.2) is 47.1 Å².